The third-order valence-electron chi connectivity index (χ3n) is 8.29. The van der Waals surface area contributed by atoms with Crippen molar-refractivity contribution in [1.82, 2.24) is 0 Å². The van der Waals surface area contributed by atoms with Gasteiger partial charge in [0.05, 0.1) is 0 Å². The number of carboxylic acid groups (broad SMARTS) is 2. The molecule has 243 valence electrons. The molecule has 2 rings (SSSR count). The average molecular weight is 640 g/mol. The molecule has 0 spiro atoms. The molecule has 0 aliphatic rings. The molecule has 0 atom stereocenters. The summed E-state index contributed by atoms with van der Waals surface area (Å²) in [6.07, 6.45) is 10.1. The maximum atomic E-state index is 10.5. The number of carbonyl (C=O) groups is 2. The Morgan fingerprint density at radius 2 is 0.907 bits per heavy atom. The zero-order valence-electron chi connectivity index (χ0n) is 28.0. The van der Waals surface area contributed by atoms with Gasteiger partial charge in [0, 0.05) is 63.3 Å². The molecule has 2 aromatic carbocycles. The fraction of sp³-hybridized carbons (Fsp3) is 0.611. The molecule has 0 saturated carbocycles. The van der Waals surface area contributed by atoms with Gasteiger partial charge >= 0.3 is 16.8 Å². The number of rotatable bonds is 18. The van der Waals surface area contributed by atoms with E-state index in [1.807, 2.05) is 23.9 Å². The van der Waals surface area contributed by atoms with Crippen LogP contribution in [0.2, 0.25) is 0 Å². The Balaban J connectivity index is 0.000000802. The van der Waals surface area contributed by atoms with E-state index < -0.39 is 11.9 Å². The van der Waals surface area contributed by atoms with Crippen LogP contribution in [0.15, 0.2) is 48.5 Å². The number of carbonyl (C=O) groups excluding carboxylic acids is 2. The third kappa shape index (κ3) is 15.7. The van der Waals surface area contributed by atoms with Gasteiger partial charge in [0.1, 0.15) is 0 Å². The number of hydrogen-bond donors (Lipinski definition) is 0. The molecule has 43 heavy (non-hydrogen) atoms. The number of nitrogens with zero attached hydrogens (tertiary/aromatic N) is 2. The van der Waals surface area contributed by atoms with Crippen LogP contribution < -0.4 is 20.0 Å². The van der Waals surface area contributed by atoms with E-state index in [9.17, 15) is 19.8 Å². The Hall–Kier alpha value is -2.51. The molecular formula is C36H56CoN2O4. The van der Waals surface area contributed by atoms with Crippen LogP contribution in [0.5, 0.6) is 0 Å². The number of unbranched alkanes of at least 4 members (excludes halogenated alkanes) is 4. The van der Waals surface area contributed by atoms with Crippen molar-refractivity contribution in [3.8, 4) is 0 Å². The van der Waals surface area contributed by atoms with E-state index in [4.69, 9.17) is 0 Å². The van der Waals surface area contributed by atoms with Crippen LogP contribution in [0, 0.1) is 0 Å². The van der Waals surface area contributed by atoms with Crippen molar-refractivity contribution >= 4 is 23.3 Å². The molecule has 0 unspecified atom stereocenters. The van der Waals surface area contributed by atoms with E-state index in [1.54, 1.807) is 0 Å². The Morgan fingerprint density at radius 3 is 1.16 bits per heavy atom. The van der Waals surface area contributed by atoms with Gasteiger partial charge in [0.15, 0.2) is 0 Å². The van der Waals surface area contributed by atoms with Gasteiger partial charge < -0.3 is 29.6 Å². The second kappa shape index (κ2) is 20.4. The maximum absolute atomic E-state index is 10.5. The largest absolute Gasteiger partial charge is 2.00 e. The molecular weight excluding hydrogens is 583 g/mol. The summed E-state index contributed by atoms with van der Waals surface area (Å²) in [6, 6.07) is 17.0. The summed E-state index contributed by atoms with van der Waals surface area (Å²) >= 11 is 0. The van der Waals surface area contributed by atoms with Crippen LogP contribution in [-0.4, -0.2) is 39.1 Å². The first-order valence-corrected chi connectivity index (χ1v) is 15.8. The van der Waals surface area contributed by atoms with Crippen molar-refractivity contribution < 1.29 is 36.6 Å². The summed E-state index contributed by atoms with van der Waals surface area (Å²) in [7, 11) is 3.81. The molecule has 0 bridgehead atoms. The summed E-state index contributed by atoms with van der Waals surface area (Å²) in [6.45, 7) is 14.6. The second-order valence-electron chi connectivity index (χ2n) is 12.9. The number of aliphatic carboxylic acids is 2. The van der Waals surface area contributed by atoms with E-state index in [-0.39, 0.29) is 40.5 Å². The molecule has 0 aliphatic carbocycles. The van der Waals surface area contributed by atoms with Crippen LogP contribution in [0.4, 0.5) is 11.4 Å². The predicted octanol–water partition coefficient (Wildman–Crippen LogP) is 6.24. The molecule has 0 N–H and O–H groups in total. The molecule has 7 heteroatoms. The molecule has 6 nitrogen and oxygen atoms in total. The molecule has 0 aromatic heterocycles. The summed E-state index contributed by atoms with van der Waals surface area (Å²) in [5.41, 5.74) is 5.16. The first-order chi connectivity index (χ1) is 19.7. The number of benzene rings is 2. The van der Waals surface area contributed by atoms with Crippen LogP contribution in [0.1, 0.15) is 117 Å². The van der Waals surface area contributed by atoms with Gasteiger partial charge in [-0.3, -0.25) is 0 Å². The molecule has 0 amide bonds. The molecule has 0 saturated heterocycles. The fourth-order valence-corrected chi connectivity index (χ4v) is 5.03. The Kier molecular flexibility index (Phi) is 19.2. The minimum absolute atomic E-state index is 0. The van der Waals surface area contributed by atoms with E-state index in [2.05, 4.69) is 90.1 Å². The average Bonchev–Trinajstić information content (AvgIpc) is 2.95. The van der Waals surface area contributed by atoms with E-state index in [0.29, 0.717) is 13.1 Å². The number of anilines is 2. The Morgan fingerprint density at radius 1 is 0.605 bits per heavy atom. The van der Waals surface area contributed by atoms with E-state index in [0.717, 1.165) is 11.4 Å². The zero-order valence-corrected chi connectivity index (χ0v) is 29.0. The second-order valence-corrected chi connectivity index (χ2v) is 12.9. The normalized spacial score (nSPS) is 11.2. The minimum Gasteiger partial charge on any atom is -0.550 e. The van der Waals surface area contributed by atoms with Crippen molar-refractivity contribution in [1.29, 1.82) is 0 Å². The molecule has 0 aliphatic heterocycles. The van der Waals surface area contributed by atoms with Gasteiger partial charge in [-0.2, -0.15) is 0 Å². The van der Waals surface area contributed by atoms with Gasteiger partial charge in [0.25, 0.3) is 0 Å². The first kappa shape index (κ1) is 40.5. The fourth-order valence-electron chi connectivity index (χ4n) is 5.03. The number of carboxylic acids is 2. The third-order valence-corrected chi connectivity index (χ3v) is 8.29. The Bertz CT molecular complexity index is 966. The van der Waals surface area contributed by atoms with Crippen molar-refractivity contribution in [2.75, 3.05) is 37.0 Å². The van der Waals surface area contributed by atoms with Crippen LogP contribution in [0.25, 0.3) is 0 Å². The van der Waals surface area contributed by atoms with Crippen molar-refractivity contribution in [2.24, 2.45) is 0 Å². The van der Waals surface area contributed by atoms with Crippen LogP contribution in [0.3, 0.4) is 0 Å². The minimum atomic E-state index is -1.00. The SMILES string of the molecule is CCCCCC(C)(C)c1ccc(N(C)CCC(=O)[O-])cc1.CCCCCC(C)(C)c1ccc(N(C)CCC(=O)[O-])cc1.[Co+2]. The predicted molar refractivity (Wildman–Crippen MR) is 173 cm³/mol. The van der Waals surface area contributed by atoms with Crippen molar-refractivity contribution in [3.05, 3.63) is 59.7 Å². The van der Waals surface area contributed by atoms with E-state index >= 15 is 0 Å². The van der Waals surface area contributed by atoms with Crippen LogP contribution >= 0.6 is 0 Å². The zero-order chi connectivity index (χ0) is 31.8. The smallest absolute Gasteiger partial charge is 0.550 e. The first-order valence-electron chi connectivity index (χ1n) is 15.8. The summed E-state index contributed by atoms with van der Waals surface area (Å²) < 4.78 is 0. The molecule has 2 aromatic rings. The van der Waals surface area contributed by atoms with Crippen LogP contribution in [-0.2, 0) is 37.2 Å². The van der Waals surface area contributed by atoms with Gasteiger partial charge in [-0.25, -0.2) is 0 Å². The Labute approximate surface area is 272 Å². The molecule has 0 heterocycles. The van der Waals surface area contributed by atoms with E-state index in [1.165, 1.54) is 62.5 Å². The summed E-state index contributed by atoms with van der Waals surface area (Å²) in [5, 5.41) is 21.0. The van der Waals surface area contributed by atoms with Crippen molar-refractivity contribution in [2.45, 2.75) is 117 Å². The quantitative estimate of drug-likeness (QED) is 0.180. The molecule has 1 radical (unpaired) electrons. The van der Waals surface area contributed by atoms with Gasteiger partial charge in [-0.15, -0.1) is 0 Å². The standard InChI is InChI=1S/2C18H29NO2.Co/c2*1-5-6-7-13-18(2,3)15-8-10-16(11-9-15)19(4)14-12-17(20)21;/h2*8-11H,5-7,12-14H2,1-4H3,(H,20,21);/q;;+2/p-2. The summed E-state index contributed by atoms with van der Waals surface area (Å²) in [5.74, 6) is -2.01. The monoisotopic (exact) mass is 639 g/mol. The number of hydrogen-bond acceptors (Lipinski definition) is 6. The van der Waals surface area contributed by atoms with Gasteiger partial charge in [-0.05, 0) is 59.1 Å². The van der Waals surface area contributed by atoms with Crippen molar-refractivity contribution in [3.63, 3.8) is 0 Å². The topological polar surface area (TPSA) is 86.7 Å². The molecule has 0 fully saturated rings. The maximum Gasteiger partial charge on any atom is 2.00 e. The van der Waals surface area contributed by atoms with Gasteiger partial charge in [-0.1, -0.05) is 104 Å². The summed E-state index contributed by atoms with van der Waals surface area (Å²) in [4.78, 5) is 24.9. The van der Waals surface area contributed by atoms with Gasteiger partial charge in [0.2, 0.25) is 0 Å².